The van der Waals surface area contributed by atoms with E-state index in [0.29, 0.717) is 11.3 Å². The van der Waals surface area contributed by atoms with Crippen LogP contribution in [0, 0.1) is 0 Å². The third-order valence-corrected chi connectivity index (χ3v) is 3.71. The molecule has 3 rings (SSSR count). The van der Waals surface area contributed by atoms with Crippen molar-refractivity contribution < 1.29 is 9.59 Å². The van der Waals surface area contributed by atoms with Gasteiger partial charge >= 0.3 is 0 Å². The highest BCUT2D eigenvalue weighted by Gasteiger charge is 2.11. The van der Waals surface area contributed by atoms with E-state index in [2.05, 4.69) is 15.8 Å². The summed E-state index contributed by atoms with van der Waals surface area (Å²) in [5.41, 5.74) is 7.55. The summed E-state index contributed by atoms with van der Waals surface area (Å²) in [6.07, 6.45) is 0. The second kappa shape index (κ2) is 6.45. The van der Waals surface area contributed by atoms with Crippen molar-refractivity contribution in [2.24, 2.45) is 0 Å². The van der Waals surface area contributed by atoms with E-state index < -0.39 is 5.91 Å². The number of para-hydroxylation sites is 1. The Kier molecular flexibility index (Phi) is 4.20. The molecule has 0 aliphatic rings. The number of hydrogen-bond acceptors (Lipinski definition) is 3. The summed E-state index contributed by atoms with van der Waals surface area (Å²) >= 11 is 0. The van der Waals surface area contributed by atoms with E-state index in [1.165, 1.54) is 0 Å². The van der Waals surface area contributed by atoms with Crippen molar-refractivity contribution in [2.75, 3.05) is 19.0 Å². The van der Waals surface area contributed by atoms with Crippen LogP contribution >= 0.6 is 0 Å². The van der Waals surface area contributed by atoms with Crippen LogP contribution in [0.5, 0.6) is 0 Å². The van der Waals surface area contributed by atoms with Gasteiger partial charge in [-0.3, -0.25) is 20.4 Å². The predicted molar refractivity (Wildman–Crippen MR) is 94.0 cm³/mol. The van der Waals surface area contributed by atoms with Gasteiger partial charge in [0, 0.05) is 36.2 Å². The van der Waals surface area contributed by atoms with Gasteiger partial charge in [0.2, 0.25) is 0 Å². The molecule has 6 heteroatoms. The molecule has 2 aromatic carbocycles. The molecule has 1 heterocycles. The van der Waals surface area contributed by atoms with Crippen LogP contribution in [0.1, 0.15) is 20.8 Å². The summed E-state index contributed by atoms with van der Waals surface area (Å²) in [6, 6.07) is 16.4. The third kappa shape index (κ3) is 3.22. The van der Waals surface area contributed by atoms with Crippen LogP contribution in [0.4, 0.5) is 5.69 Å². The molecule has 0 saturated heterocycles. The van der Waals surface area contributed by atoms with Crippen LogP contribution < -0.4 is 15.8 Å². The Morgan fingerprint density at radius 1 is 0.917 bits per heavy atom. The molecule has 0 fully saturated rings. The van der Waals surface area contributed by atoms with Crippen molar-refractivity contribution in [3.05, 3.63) is 65.9 Å². The van der Waals surface area contributed by atoms with Crippen molar-refractivity contribution >= 4 is 28.4 Å². The van der Waals surface area contributed by atoms with Crippen LogP contribution in [0.3, 0.4) is 0 Å². The number of nitrogens with one attached hydrogen (secondary N) is 3. The van der Waals surface area contributed by atoms with Gasteiger partial charge in [-0.05, 0) is 36.4 Å². The smallest absolute Gasteiger partial charge is 0.286 e. The number of fused-ring (bicyclic) bond motifs is 1. The lowest BCUT2D eigenvalue weighted by Gasteiger charge is -2.12. The van der Waals surface area contributed by atoms with E-state index in [-0.39, 0.29) is 5.91 Å². The van der Waals surface area contributed by atoms with Crippen LogP contribution in [-0.2, 0) is 0 Å². The number of aromatic nitrogens is 1. The maximum atomic E-state index is 12.1. The molecular weight excluding hydrogens is 304 g/mol. The third-order valence-electron chi connectivity index (χ3n) is 3.71. The number of H-pyrrole nitrogens is 1. The first-order valence-electron chi connectivity index (χ1n) is 7.50. The largest absolute Gasteiger partial charge is 0.378 e. The number of anilines is 1. The Hall–Kier alpha value is -3.28. The molecule has 0 saturated carbocycles. The van der Waals surface area contributed by atoms with Crippen molar-refractivity contribution in [3.63, 3.8) is 0 Å². The number of benzene rings is 2. The minimum Gasteiger partial charge on any atom is -0.378 e. The van der Waals surface area contributed by atoms with Gasteiger partial charge in [-0.25, -0.2) is 0 Å². The fraction of sp³-hybridized carbons (Fsp3) is 0.111. The monoisotopic (exact) mass is 322 g/mol. The molecule has 2 amide bonds. The fourth-order valence-corrected chi connectivity index (χ4v) is 2.36. The first-order chi connectivity index (χ1) is 11.5. The molecule has 0 unspecified atom stereocenters. The molecule has 3 aromatic rings. The molecule has 122 valence electrons. The van der Waals surface area contributed by atoms with E-state index in [1.54, 1.807) is 18.2 Å². The van der Waals surface area contributed by atoms with Gasteiger partial charge in [-0.1, -0.05) is 18.2 Å². The lowest BCUT2D eigenvalue weighted by molar-refractivity contribution is 0.0844. The van der Waals surface area contributed by atoms with Crippen LogP contribution in [0.15, 0.2) is 54.6 Å². The zero-order chi connectivity index (χ0) is 17.1. The van der Waals surface area contributed by atoms with Crippen LogP contribution in [0.25, 0.3) is 10.9 Å². The molecule has 0 bridgehead atoms. The van der Waals surface area contributed by atoms with Gasteiger partial charge in [-0.15, -0.1) is 0 Å². The van der Waals surface area contributed by atoms with E-state index in [0.717, 1.165) is 16.6 Å². The summed E-state index contributed by atoms with van der Waals surface area (Å²) < 4.78 is 0. The number of aromatic amines is 1. The van der Waals surface area contributed by atoms with E-state index in [4.69, 9.17) is 0 Å². The first kappa shape index (κ1) is 15.6. The molecule has 0 radical (unpaired) electrons. The van der Waals surface area contributed by atoms with Gasteiger partial charge in [0.1, 0.15) is 5.69 Å². The van der Waals surface area contributed by atoms with Gasteiger partial charge < -0.3 is 9.88 Å². The molecule has 0 aliphatic heterocycles. The quantitative estimate of drug-likeness (QED) is 0.648. The molecule has 0 aliphatic carbocycles. The highest BCUT2D eigenvalue weighted by molar-refractivity contribution is 6.00. The maximum absolute atomic E-state index is 12.1. The molecule has 0 atom stereocenters. The van der Waals surface area contributed by atoms with E-state index in [9.17, 15) is 9.59 Å². The number of hydrogen-bond donors (Lipinski definition) is 3. The molecule has 6 nitrogen and oxygen atoms in total. The zero-order valence-electron chi connectivity index (χ0n) is 13.5. The van der Waals surface area contributed by atoms with Crippen molar-refractivity contribution in [1.29, 1.82) is 0 Å². The Morgan fingerprint density at radius 3 is 2.25 bits per heavy atom. The fourth-order valence-electron chi connectivity index (χ4n) is 2.36. The highest BCUT2D eigenvalue weighted by Crippen LogP contribution is 2.14. The lowest BCUT2D eigenvalue weighted by Crippen LogP contribution is -2.41. The number of nitrogens with zero attached hydrogens (tertiary/aromatic N) is 1. The van der Waals surface area contributed by atoms with Gasteiger partial charge in [0.25, 0.3) is 11.8 Å². The second-order valence-electron chi connectivity index (χ2n) is 5.62. The molecular formula is C18H18N4O2. The number of hydrazine groups is 1. The average molecular weight is 322 g/mol. The Bertz CT molecular complexity index is 848. The predicted octanol–water partition coefficient (Wildman–Crippen LogP) is 2.31. The number of carbonyl (C=O) groups is 2. The Labute approximate surface area is 139 Å². The van der Waals surface area contributed by atoms with Crippen LogP contribution in [0.2, 0.25) is 0 Å². The Morgan fingerprint density at radius 2 is 1.58 bits per heavy atom. The molecule has 3 N–H and O–H groups in total. The SMILES string of the molecule is CN(C)c1ccc(C(=O)NNC(=O)c2cc3ccccc3[nH]2)cc1. The summed E-state index contributed by atoms with van der Waals surface area (Å²) in [5, 5.41) is 0.938. The topological polar surface area (TPSA) is 77.2 Å². The highest BCUT2D eigenvalue weighted by atomic mass is 16.2. The van der Waals surface area contributed by atoms with Gasteiger partial charge in [0.05, 0.1) is 0 Å². The lowest BCUT2D eigenvalue weighted by atomic mass is 10.2. The van der Waals surface area contributed by atoms with Gasteiger partial charge in [-0.2, -0.15) is 0 Å². The maximum Gasteiger partial charge on any atom is 0.286 e. The standard InChI is InChI=1S/C18H18N4O2/c1-22(2)14-9-7-12(8-10-14)17(23)20-21-18(24)16-11-13-5-3-4-6-15(13)19-16/h3-11,19H,1-2H3,(H,20,23)(H,21,24). The minimum absolute atomic E-state index is 0.371. The summed E-state index contributed by atoms with van der Waals surface area (Å²) in [4.78, 5) is 29.2. The average Bonchev–Trinajstić information content (AvgIpc) is 3.03. The normalized spacial score (nSPS) is 10.4. The summed E-state index contributed by atoms with van der Waals surface area (Å²) in [7, 11) is 3.85. The van der Waals surface area contributed by atoms with Crippen molar-refractivity contribution in [1.82, 2.24) is 15.8 Å². The molecule has 1 aromatic heterocycles. The zero-order valence-corrected chi connectivity index (χ0v) is 13.5. The number of rotatable bonds is 3. The molecule has 24 heavy (non-hydrogen) atoms. The van der Waals surface area contributed by atoms with Gasteiger partial charge in [0.15, 0.2) is 0 Å². The van der Waals surface area contributed by atoms with Crippen molar-refractivity contribution in [3.8, 4) is 0 Å². The Balaban J connectivity index is 1.64. The summed E-state index contributed by atoms with van der Waals surface area (Å²) in [5.74, 6) is -0.769. The number of amides is 2. The second-order valence-corrected chi connectivity index (χ2v) is 5.62. The van der Waals surface area contributed by atoms with E-state index in [1.807, 2.05) is 55.4 Å². The van der Waals surface area contributed by atoms with Crippen molar-refractivity contribution in [2.45, 2.75) is 0 Å². The summed E-state index contributed by atoms with van der Waals surface area (Å²) in [6.45, 7) is 0. The minimum atomic E-state index is -0.399. The molecule has 0 spiro atoms. The van der Waals surface area contributed by atoms with E-state index >= 15 is 0 Å². The van der Waals surface area contributed by atoms with Crippen LogP contribution in [-0.4, -0.2) is 30.9 Å². The number of carbonyl (C=O) groups excluding carboxylic acids is 2. The first-order valence-corrected chi connectivity index (χ1v) is 7.50.